The maximum atomic E-state index is 9.72. The van der Waals surface area contributed by atoms with Gasteiger partial charge < -0.3 is 4.79 Å². The van der Waals surface area contributed by atoms with Crippen LogP contribution in [-0.2, 0) is 4.79 Å². The molecule has 0 aliphatic carbocycles. The number of carbonyl (C=O) groups excluding carboxylic acids is 1. The molecule has 0 bridgehead atoms. The van der Waals surface area contributed by atoms with Gasteiger partial charge in [-0.25, -0.2) is 0 Å². The fraction of sp³-hybridized carbons (Fsp3) is 0.667. The lowest BCUT2D eigenvalue weighted by Crippen LogP contribution is -1.88. The first-order chi connectivity index (χ1) is 3.81. The van der Waals surface area contributed by atoms with Crippen molar-refractivity contribution in [3.63, 3.8) is 0 Å². The molecule has 0 aromatic rings. The number of halogens is 2. The van der Waals surface area contributed by atoms with Crippen LogP contribution in [0.5, 0.6) is 0 Å². The third-order valence-corrected chi connectivity index (χ3v) is 0.938. The second-order valence-corrected chi connectivity index (χ2v) is 1.77. The van der Waals surface area contributed by atoms with Gasteiger partial charge >= 0.3 is 0 Å². The second kappa shape index (κ2) is 11.5. The minimum Gasteiger partial charge on any atom is -0.303 e. The third kappa shape index (κ3) is 10.7. The van der Waals surface area contributed by atoms with Crippen LogP contribution in [0.2, 0.25) is 0 Å². The van der Waals surface area contributed by atoms with E-state index in [4.69, 9.17) is 5.26 Å². The molecular weight excluding hydrogens is 173 g/mol. The lowest BCUT2D eigenvalue weighted by Gasteiger charge is -1.92. The fourth-order valence-electron chi connectivity index (χ4n) is 0.383. The van der Waals surface area contributed by atoms with E-state index >= 15 is 0 Å². The Hall–Kier alpha value is -0.260. The van der Waals surface area contributed by atoms with Gasteiger partial charge in [-0.15, -0.1) is 24.8 Å². The Bertz CT molecular complexity index is 111. The lowest BCUT2D eigenvalue weighted by molar-refractivity contribution is -0.108. The first-order valence-electron chi connectivity index (χ1n) is 2.64. The van der Waals surface area contributed by atoms with Crippen LogP contribution in [-0.4, -0.2) is 6.29 Å². The number of hydrogen-bond acceptors (Lipinski definition) is 2. The maximum Gasteiger partial charge on any atom is 0.120 e. The van der Waals surface area contributed by atoms with Crippen molar-refractivity contribution in [2.45, 2.75) is 19.8 Å². The number of carbonyl (C=O) groups is 1. The summed E-state index contributed by atoms with van der Waals surface area (Å²) in [4.78, 5) is 9.72. The van der Waals surface area contributed by atoms with Gasteiger partial charge in [0.1, 0.15) is 6.29 Å². The molecule has 0 aromatic carbocycles. The first-order valence-corrected chi connectivity index (χ1v) is 2.64. The average molecular weight is 184 g/mol. The van der Waals surface area contributed by atoms with Gasteiger partial charge in [0.2, 0.25) is 0 Å². The monoisotopic (exact) mass is 183 g/mol. The van der Waals surface area contributed by atoms with Gasteiger partial charge in [0, 0.05) is 12.3 Å². The Morgan fingerprint density at radius 1 is 1.60 bits per heavy atom. The van der Waals surface area contributed by atoms with E-state index in [1.54, 1.807) is 0 Å². The standard InChI is InChI=1S/C6H9NO.2ClH/c1-6(5-7)3-2-4-8;;/h4,6H,2-3H2,1H3;2*1H. The largest absolute Gasteiger partial charge is 0.303 e. The summed E-state index contributed by atoms with van der Waals surface area (Å²) in [6, 6.07) is 2.04. The number of nitrogens with zero attached hydrogens (tertiary/aromatic N) is 1. The van der Waals surface area contributed by atoms with E-state index < -0.39 is 0 Å². The Morgan fingerprint density at radius 3 is 2.40 bits per heavy atom. The molecule has 0 aliphatic heterocycles. The van der Waals surface area contributed by atoms with Gasteiger partial charge in [-0.1, -0.05) is 0 Å². The van der Waals surface area contributed by atoms with Crippen LogP contribution >= 0.6 is 24.8 Å². The van der Waals surface area contributed by atoms with E-state index in [1.807, 2.05) is 13.0 Å². The van der Waals surface area contributed by atoms with Crippen LogP contribution in [0.25, 0.3) is 0 Å². The molecule has 0 spiro atoms. The molecule has 0 amide bonds. The molecule has 4 heteroatoms. The van der Waals surface area contributed by atoms with Crippen LogP contribution in [0.3, 0.4) is 0 Å². The van der Waals surface area contributed by atoms with Crippen molar-refractivity contribution >= 4 is 31.1 Å². The molecule has 0 aromatic heterocycles. The van der Waals surface area contributed by atoms with Crippen molar-refractivity contribution in [1.82, 2.24) is 0 Å². The van der Waals surface area contributed by atoms with E-state index in [-0.39, 0.29) is 30.7 Å². The molecular formula is C6H11Cl2NO. The Labute approximate surface area is 73.4 Å². The molecule has 1 atom stereocenters. The van der Waals surface area contributed by atoms with Crippen molar-refractivity contribution in [1.29, 1.82) is 5.26 Å². The zero-order chi connectivity index (χ0) is 6.41. The summed E-state index contributed by atoms with van der Waals surface area (Å²) >= 11 is 0. The molecule has 1 unspecified atom stereocenters. The van der Waals surface area contributed by atoms with Gasteiger partial charge in [0.05, 0.1) is 6.07 Å². The molecule has 0 aliphatic rings. The highest BCUT2D eigenvalue weighted by molar-refractivity contribution is 5.85. The minimum absolute atomic E-state index is 0. The van der Waals surface area contributed by atoms with Gasteiger partial charge in [0.25, 0.3) is 0 Å². The molecule has 0 rings (SSSR count). The highest BCUT2D eigenvalue weighted by atomic mass is 35.5. The molecule has 0 N–H and O–H groups in total. The van der Waals surface area contributed by atoms with Crippen molar-refractivity contribution in [3.05, 3.63) is 0 Å². The van der Waals surface area contributed by atoms with E-state index in [2.05, 4.69) is 0 Å². The molecule has 0 saturated heterocycles. The quantitative estimate of drug-likeness (QED) is 0.629. The van der Waals surface area contributed by atoms with E-state index in [0.717, 1.165) is 6.29 Å². The average Bonchev–Trinajstić information content (AvgIpc) is 1.83. The maximum absolute atomic E-state index is 9.72. The van der Waals surface area contributed by atoms with E-state index in [9.17, 15) is 4.79 Å². The fourth-order valence-corrected chi connectivity index (χ4v) is 0.383. The van der Waals surface area contributed by atoms with Crippen LogP contribution in [0.1, 0.15) is 19.8 Å². The highest BCUT2D eigenvalue weighted by Crippen LogP contribution is 1.99. The van der Waals surface area contributed by atoms with Crippen molar-refractivity contribution in [3.8, 4) is 6.07 Å². The lowest BCUT2D eigenvalue weighted by atomic mass is 10.1. The van der Waals surface area contributed by atoms with E-state index in [1.165, 1.54) is 0 Å². The smallest absolute Gasteiger partial charge is 0.120 e. The Kier molecular flexibility index (Phi) is 18.9. The molecule has 60 valence electrons. The molecule has 2 nitrogen and oxygen atoms in total. The van der Waals surface area contributed by atoms with Crippen LogP contribution in [0.4, 0.5) is 0 Å². The SMILES string of the molecule is CC(C#N)CCC=O.Cl.Cl. The van der Waals surface area contributed by atoms with Crippen molar-refractivity contribution in [2.75, 3.05) is 0 Å². The minimum atomic E-state index is 0. The summed E-state index contributed by atoms with van der Waals surface area (Å²) in [5.74, 6) is 0.0280. The normalized spacial score (nSPS) is 9.60. The molecule has 0 fully saturated rings. The van der Waals surface area contributed by atoms with Crippen molar-refractivity contribution < 1.29 is 4.79 Å². The van der Waals surface area contributed by atoms with E-state index in [0.29, 0.717) is 12.8 Å². The van der Waals surface area contributed by atoms with Gasteiger partial charge in [-0.3, -0.25) is 0 Å². The van der Waals surface area contributed by atoms with Crippen LogP contribution in [0, 0.1) is 17.2 Å². The molecule has 0 saturated carbocycles. The van der Waals surface area contributed by atoms with Gasteiger partial charge in [-0.05, 0) is 13.3 Å². The summed E-state index contributed by atoms with van der Waals surface area (Å²) in [6.07, 6.45) is 2.04. The van der Waals surface area contributed by atoms with Crippen molar-refractivity contribution in [2.24, 2.45) is 5.92 Å². The predicted molar refractivity (Wildman–Crippen MR) is 44.6 cm³/mol. The third-order valence-electron chi connectivity index (χ3n) is 0.938. The molecule has 0 radical (unpaired) electrons. The zero-order valence-electron chi connectivity index (χ0n) is 5.74. The Morgan fingerprint density at radius 2 is 2.10 bits per heavy atom. The van der Waals surface area contributed by atoms with Crippen LogP contribution in [0.15, 0.2) is 0 Å². The van der Waals surface area contributed by atoms with Crippen LogP contribution < -0.4 is 0 Å². The predicted octanol–water partition coefficient (Wildman–Crippen LogP) is 1.97. The number of hydrogen-bond donors (Lipinski definition) is 0. The highest BCUT2D eigenvalue weighted by Gasteiger charge is 1.95. The summed E-state index contributed by atoms with van der Waals surface area (Å²) in [5.41, 5.74) is 0. The second-order valence-electron chi connectivity index (χ2n) is 1.77. The number of nitriles is 1. The number of rotatable bonds is 3. The topological polar surface area (TPSA) is 40.9 Å². The number of aldehydes is 1. The zero-order valence-corrected chi connectivity index (χ0v) is 7.37. The Balaban J connectivity index is -0.000000245. The van der Waals surface area contributed by atoms with Gasteiger partial charge in [-0.2, -0.15) is 5.26 Å². The summed E-state index contributed by atoms with van der Waals surface area (Å²) < 4.78 is 0. The summed E-state index contributed by atoms with van der Waals surface area (Å²) in [7, 11) is 0. The first kappa shape index (κ1) is 16.4. The van der Waals surface area contributed by atoms with Gasteiger partial charge in [0.15, 0.2) is 0 Å². The summed E-state index contributed by atoms with van der Waals surface area (Å²) in [5, 5.41) is 8.20. The summed E-state index contributed by atoms with van der Waals surface area (Å²) in [6.45, 7) is 1.81. The molecule has 10 heavy (non-hydrogen) atoms. The molecule has 0 heterocycles.